The standard InChI is InChI=1S/C50H60ClN9O8/c1-32(67-30-34-17-6-3-7-18-34)44(49(65)60-26-14-24-43(60)48(64)57-42(47(63)59-53)27-33-15-4-2-5-16-33)58-46(62)41(23-12-13-25-54-50(66)68-31-35-19-8-10-21-38(35)51)56-45(61)39(52)28-36-29-55-40-22-11-9-20-37(36)40/h2-11,15-22,29,32,39,41-44,55H,12-14,23-28,30-31,52-53H2,1H3,(H,54,66)(H,56,61)(H,57,64)(H,58,62)(H,59,63)/t32-,39-,41+,42+,43+,44+/m1/s1. The fraction of sp³-hybridized carbons (Fsp3) is 0.360. The number of hydrogen-bond donors (Lipinski definition) is 8. The van der Waals surface area contributed by atoms with Crippen LogP contribution in [0.1, 0.15) is 61.3 Å². The molecule has 2 heterocycles. The molecule has 360 valence electrons. The van der Waals surface area contributed by atoms with E-state index in [4.69, 9.17) is 32.7 Å². The Kier molecular flexibility index (Phi) is 18.9. The lowest BCUT2D eigenvalue weighted by molar-refractivity contribution is -0.146. The van der Waals surface area contributed by atoms with Crippen LogP contribution in [0.3, 0.4) is 0 Å². The molecule has 1 fully saturated rings. The first-order valence-corrected chi connectivity index (χ1v) is 23.2. The zero-order chi connectivity index (χ0) is 48.4. The predicted octanol–water partition coefficient (Wildman–Crippen LogP) is 4.07. The van der Waals surface area contributed by atoms with Crippen molar-refractivity contribution in [2.45, 2.75) is 101 Å². The van der Waals surface area contributed by atoms with Gasteiger partial charge in [-0.15, -0.1) is 0 Å². The van der Waals surface area contributed by atoms with Crippen LogP contribution in [0.4, 0.5) is 4.79 Å². The van der Waals surface area contributed by atoms with Crippen LogP contribution >= 0.6 is 11.6 Å². The van der Waals surface area contributed by atoms with Crippen molar-refractivity contribution in [2.24, 2.45) is 11.6 Å². The summed E-state index contributed by atoms with van der Waals surface area (Å²) in [4.78, 5) is 87.0. The second-order valence-electron chi connectivity index (χ2n) is 16.8. The molecule has 1 saturated heterocycles. The minimum atomic E-state index is -1.32. The van der Waals surface area contributed by atoms with E-state index in [2.05, 4.69) is 31.7 Å². The fourth-order valence-electron chi connectivity index (χ4n) is 8.09. The number of amides is 6. The minimum Gasteiger partial charge on any atom is -0.445 e. The summed E-state index contributed by atoms with van der Waals surface area (Å²) in [5, 5.41) is 12.6. The Morgan fingerprint density at radius 1 is 0.765 bits per heavy atom. The Balaban J connectivity index is 1.17. The van der Waals surface area contributed by atoms with Crippen molar-refractivity contribution in [3.8, 4) is 0 Å². The number of hydrazine groups is 1. The van der Waals surface area contributed by atoms with Gasteiger partial charge >= 0.3 is 6.09 Å². The molecule has 18 heteroatoms. The highest BCUT2D eigenvalue weighted by atomic mass is 35.5. The molecule has 1 aromatic heterocycles. The number of para-hydroxylation sites is 1. The molecule has 0 saturated carbocycles. The third-order valence-electron chi connectivity index (χ3n) is 11.9. The summed E-state index contributed by atoms with van der Waals surface area (Å²) in [6.07, 6.45) is 2.19. The maximum atomic E-state index is 14.8. The maximum Gasteiger partial charge on any atom is 0.407 e. The van der Waals surface area contributed by atoms with E-state index in [9.17, 15) is 28.8 Å². The highest BCUT2D eigenvalue weighted by Gasteiger charge is 2.41. The van der Waals surface area contributed by atoms with Gasteiger partial charge in [-0.2, -0.15) is 0 Å². The van der Waals surface area contributed by atoms with Crippen LogP contribution in [0.5, 0.6) is 0 Å². The number of aromatic nitrogens is 1. The first kappa shape index (κ1) is 50.6. The summed E-state index contributed by atoms with van der Waals surface area (Å²) in [5.41, 5.74) is 12.6. The van der Waals surface area contributed by atoms with Gasteiger partial charge in [0.05, 0.1) is 18.8 Å². The molecule has 68 heavy (non-hydrogen) atoms. The lowest BCUT2D eigenvalue weighted by atomic mass is 10.0. The number of carbonyl (C=O) groups excluding carboxylic acids is 6. The Bertz CT molecular complexity index is 2470. The summed E-state index contributed by atoms with van der Waals surface area (Å²) < 4.78 is 11.5. The lowest BCUT2D eigenvalue weighted by Gasteiger charge is -2.33. The van der Waals surface area contributed by atoms with Crippen molar-refractivity contribution in [3.05, 3.63) is 143 Å². The maximum absolute atomic E-state index is 14.8. The van der Waals surface area contributed by atoms with Crippen molar-refractivity contribution < 1.29 is 38.2 Å². The molecular formula is C50H60ClN9O8. The number of halogens is 1. The molecular weight excluding hydrogens is 890 g/mol. The Morgan fingerprint density at radius 3 is 2.19 bits per heavy atom. The monoisotopic (exact) mass is 949 g/mol. The van der Waals surface area contributed by atoms with E-state index in [0.717, 1.165) is 27.6 Å². The molecule has 1 aliphatic heterocycles. The molecule has 0 spiro atoms. The van der Waals surface area contributed by atoms with Crippen LogP contribution in [0.15, 0.2) is 115 Å². The van der Waals surface area contributed by atoms with E-state index in [0.29, 0.717) is 36.3 Å². The van der Waals surface area contributed by atoms with E-state index in [1.807, 2.05) is 84.9 Å². The van der Waals surface area contributed by atoms with Crippen LogP contribution in [0.2, 0.25) is 5.02 Å². The predicted molar refractivity (Wildman–Crippen MR) is 257 cm³/mol. The van der Waals surface area contributed by atoms with E-state index in [1.54, 1.807) is 37.4 Å². The third-order valence-corrected chi connectivity index (χ3v) is 12.2. The zero-order valence-electron chi connectivity index (χ0n) is 38.0. The molecule has 6 rings (SSSR count). The van der Waals surface area contributed by atoms with Gasteiger partial charge in [0.2, 0.25) is 23.6 Å². The van der Waals surface area contributed by atoms with E-state index in [1.165, 1.54) is 4.90 Å². The summed E-state index contributed by atoms with van der Waals surface area (Å²) >= 11 is 6.19. The Labute approximate surface area is 400 Å². The number of likely N-dealkylation sites (tertiary alicyclic amines) is 1. The molecule has 5 aromatic rings. The number of alkyl carbamates (subject to hydrolysis) is 1. The molecule has 1 aliphatic rings. The van der Waals surface area contributed by atoms with Crippen LogP contribution in [0.25, 0.3) is 10.9 Å². The average molecular weight is 951 g/mol. The second-order valence-corrected chi connectivity index (χ2v) is 17.2. The summed E-state index contributed by atoms with van der Waals surface area (Å²) in [7, 11) is 0. The number of ether oxygens (including phenoxy) is 2. The first-order valence-electron chi connectivity index (χ1n) is 22.8. The van der Waals surface area contributed by atoms with E-state index in [-0.39, 0.29) is 45.6 Å². The van der Waals surface area contributed by atoms with Crippen LogP contribution in [-0.4, -0.2) is 94.9 Å². The van der Waals surface area contributed by atoms with Crippen LogP contribution in [-0.2, 0) is 59.5 Å². The first-order chi connectivity index (χ1) is 32.9. The van der Waals surface area contributed by atoms with Gasteiger partial charge in [-0.25, -0.2) is 10.6 Å². The molecule has 4 aromatic carbocycles. The number of carbonyl (C=O) groups is 6. The molecule has 0 unspecified atom stereocenters. The molecule has 0 bridgehead atoms. The molecule has 0 radical (unpaired) electrons. The number of fused-ring (bicyclic) bond motifs is 1. The van der Waals surface area contributed by atoms with Gasteiger partial charge in [0.15, 0.2) is 0 Å². The number of nitrogens with two attached hydrogens (primary N) is 2. The summed E-state index contributed by atoms with van der Waals surface area (Å²) in [6, 6.07) is 27.5. The molecule has 17 nitrogen and oxygen atoms in total. The molecule has 10 N–H and O–H groups in total. The van der Waals surface area contributed by atoms with Crippen molar-refractivity contribution in [1.82, 2.24) is 36.6 Å². The summed E-state index contributed by atoms with van der Waals surface area (Å²) in [5.74, 6) is 2.49. The number of benzene rings is 4. The van der Waals surface area contributed by atoms with Gasteiger partial charge < -0.3 is 46.4 Å². The number of rotatable bonds is 23. The van der Waals surface area contributed by atoms with Gasteiger partial charge in [-0.05, 0) is 74.3 Å². The number of nitrogens with zero attached hydrogens (tertiary/aromatic N) is 1. The van der Waals surface area contributed by atoms with Crippen LogP contribution < -0.4 is 38.3 Å². The Morgan fingerprint density at radius 2 is 1.46 bits per heavy atom. The quantitative estimate of drug-likeness (QED) is 0.0202. The molecule has 6 amide bonds. The lowest BCUT2D eigenvalue weighted by Crippen LogP contribution is -2.61. The Hall–Kier alpha value is -6.79. The van der Waals surface area contributed by atoms with Crippen molar-refractivity contribution in [1.29, 1.82) is 0 Å². The number of unbranched alkanes of at least 4 members (excludes halogenated alkanes) is 1. The topological polar surface area (TPSA) is 252 Å². The van der Waals surface area contributed by atoms with Gasteiger partial charge in [0.1, 0.15) is 30.8 Å². The zero-order valence-corrected chi connectivity index (χ0v) is 38.7. The van der Waals surface area contributed by atoms with Crippen molar-refractivity contribution in [3.63, 3.8) is 0 Å². The third kappa shape index (κ3) is 14.4. The van der Waals surface area contributed by atoms with Gasteiger partial charge in [0, 0.05) is 47.2 Å². The smallest absolute Gasteiger partial charge is 0.407 e. The fourth-order valence-corrected chi connectivity index (χ4v) is 8.28. The van der Waals surface area contributed by atoms with E-state index < -0.39 is 71.9 Å². The average Bonchev–Trinajstić information content (AvgIpc) is 4.02. The minimum absolute atomic E-state index is 0.0188. The number of H-pyrrole nitrogens is 1. The van der Waals surface area contributed by atoms with Gasteiger partial charge in [-0.1, -0.05) is 109 Å². The highest BCUT2D eigenvalue weighted by molar-refractivity contribution is 6.31. The highest BCUT2D eigenvalue weighted by Crippen LogP contribution is 2.23. The molecule has 0 aliphatic carbocycles. The summed E-state index contributed by atoms with van der Waals surface area (Å²) in [6.45, 7) is 2.14. The van der Waals surface area contributed by atoms with Crippen molar-refractivity contribution in [2.75, 3.05) is 13.1 Å². The number of aromatic amines is 1. The van der Waals surface area contributed by atoms with Crippen molar-refractivity contribution >= 4 is 58.1 Å². The normalized spacial score (nSPS) is 15.6. The van der Waals surface area contributed by atoms with Gasteiger partial charge in [-0.3, -0.25) is 29.4 Å². The number of hydrogen-bond acceptors (Lipinski definition) is 10. The second kappa shape index (κ2) is 25.4. The SMILES string of the molecule is C[C@@H](OCc1ccccc1)[C@H](NC(=O)[C@H](CCCCNC(=O)OCc1ccccc1Cl)NC(=O)[C@H](N)Cc1c[nH]c2ccccc12)C(=O)N1CCC[C@H]1C(=O)N[C@@H](Cc1ccccc1)C(=O)NN. The largest absolute Gasteiger partial charge is 0.445 e. The van der Waals surface area contributed by atoms with Crippen LogP contribution in [0, 0.1) is 0 Å². The molecule has 6 atom stereocenters. The van der Waals surface area contributed by atoms with Gasteiger partial charge in [0.25, 0.3) is 5.91 Å². The van der Waals surface area contributed by atoms with E-state index >= 15 is 0 Å². The number of nitrogens with one attached hydrogen (secondary N) is 6.